The molecule has 0 spiro atoms. The molecule has 0 amide bonds. The Bertz CT molecular complexity index is 3090. The molecule has 4 bridgehead atoms. The van der Waals surface area contributed by atoms with Crippen molar-refractivity contribution in [3.63, 3.8) is 0 Å². The zero-order valence-electron chi connectivity index (χ0n) is 41.9. The summed E-state index contributed by atoms with van der Waals surface area (Å²) in [5.41, 5.74) is 7.04. The van der Waals surface area contributed by atoms with E-state index < -0.39 is 24.0 Å². The number of thiophene rings is 1. The third-order valence-electron chi connectivity index (χ3n) is 13.4. The second-order valence-corrected chi connectivity index (χ2v) is 20.0. The molecule has 1 fully saturated rings. The van der Waals surface area contributed by atoms with E-state index in [4.69, 9.17) is 61.3 Å². The number of aliphatic carboxylic acids is 1. The number of piperazine rings is 1. The number of halogens is 3. The summed E-state index contributed by atoms with van der Waals surface area (Å²) in [5.74, 6) is 0.539. The average Bonchev–Trinajstić information content (AvgIpc) is 3.79. The predicted molar refractivity (Wildman–Crippen MR) is 286 cm³/mol. The molecule has 10 rings (SSSR count). The molecule has 0 aliphatic carbocycles. The fraction of sp³-hybridized carbons (Fsp3) is 0.357. The molecule has 388 valence electrons. The lowest BCUT2D eigenvalue weighted by Gasteiger charge is -2.35. The van der Waals surface area contributed by atoms with E-state index in [-0.39, 0.29) is 25.5 Å². The number of carbonyl (C=O) groups is 1. The highest BCUT2D eigenvalue weighted by atomic mass is 35.5. The summed E-state index contributed by atoms with van der Waals surface area (Å²) in [7, 11) is 5.36. The van der Waals surface area contributed by atoms with Gasteiger partial charge in [0, 0.05) is 62.3 Å². The van der Waals surface area contributed by atoms with E-state index in [2.05, 4.69) is 26.8 Å². The lowest BCUT2D eigenvalue weighted by molar-refractivity contribution is -0.145. The summed E-state index contributed by atoms with van der Waals surface area (Å²) in [4.78, 5) is 33.8. The third kappa shape index (κ3) is 11.9. The number of hydrogen-bond donors (Lipinski definition) is 1. The number of methoxy groups -OCH3 is 2. The molecule has 0 saturated carbocycles. The van der Waals surface area contributed by atoms with Crippen LogP contribution >= 0.6 is 34.5 Å². The summed E-state index contributed by atoms with van der Waals surface area (Å²) in [6.07, 6.45) is 0.173. The van der Waals surface area contributed by atoms with Crippen LogP contribution in [0, 0.1) is 19.7 Å². The molecular weight excluding hydrogens is 1010 g/mol. The topological polar surface area (TPSA) is 147 Å². The maximum atomic E-state index is 14.5. The molecule has 3 aromatic heterocycles. The van der Waals surface area contributed by atoms with Crippen LogP contribution in [0.25, 0.3) is 43.0 Å². The van der Waals surface area contributed by atoms with Crippen LogP contribution < -0.4 is 23.7 Å². The first kappa shape index (κ1) is 52.7. The van der Waals surface area contributed by atoms with Gasteiger partial charge in [-0.15, -0.1) is 11.3 Å². The van der Waals surface area contributed by atoms with Crippen molar-refractivity contribution >= 4 is 50.7 Å². The molecule has 14 nitrogen and oxygen atoms in total. The first-order chi connectivity index (χ1) is 35.9. The van der Waals surface area contributed by atoms with Gasteiger partial charge in [0.25, 0.3) is 0 Å². The smallest absolute Gasteiger partial charge is 0.345 e. The number of carboxylic acids is 1. The molecule has 3 aliphatic heterocycles. The summed E-state index contributed by atoms with van der Waals surface area (Å²) < 4.78 is 57.4. The van der Waals surface area contributed by atoms with Crippen molar-refractivity contribution in [1.82, 2.24) is 24.8 Å². The van der Waals surface area contributed by atoms with Crippen LogP contribution in [0.15, 0.2) is 85.2 Å². The van der Waals surface area contributed by atoms with Crippen LogP contribution in [0.3, 0.4) is 0 Å². The van der Waals surface area contributed by atoms with Crippen LogP contribution in [0.1, 0.15) is 27.9 Å². The van der Waals surface area contributed by atoms with E-state index >= 15 is 0 Å². The van der Waals surface area contributed by atoms with Gasteiger partial charge in [0.1, 0.15) is 53.5 Å². The average molecular weight is 1070 g/mol. The van der Waals surface area contributed by atoms with E-state index in [1.54, 1.807) is 26.4 Å². The minimum absolute atomic E-state index is 0.0456. The molecule has 2 atom stereocenters. The second-order valence-electron chi connectivity index (χ2n) is 18.3. The first-order valence-electron chi connectivity index (χ1n) is 24.5. The monoisotopic (exact) mass is 1070 g/mol. The van der Waals surface area contributed by atoms with Crippen molar-refractivity contribution in [2.45, 2.75) is 45.3 Å². The SMILES string of the molecule is COCCOCCOc1ccc(-c2ccccc2OC)nc1CCc1ccc2cc1C[C@H](C(=O)O)Oc1ncnc3sc(-c4ccc(F)cc4)c(c13)-c1c(C)c(Cl)c(c(Cl)c1C)O[C@H](CN1CCN(C)CC1)CO2. The molecule has 74 heavy (non-hydrogen) atoms. The number of aromatic nitrogens is 3. The lowest BCUT2D eigenvalue weighted by Crippen LogP contribution is -2.49. The predicted octanol–water partition coefficient (Wildman–Crippen LogP) is 10.4. The van der Waals surface area contributed by atoms with Gasteiger partial charge in [-0.3, -0.25) is 4.90 Å². The van der Waals surface area contributed by atoms with Crippen molar-refractivity contribution in [2.75, 3.05) is 87.0 Å². The van der Waals surface area contributed by atoms with Crippen molar-refractivity contribution < 1.29 is 47.4 Å². The third-order valence-corrected chi connectivity index (χ3v) is 15.4. The van der Waals surface area contributed by atoms with Gasteiger partial charge in [0.2, 0.25) is 12.0 Å². The van der Waals surface area contributed by atoms with Crippen molar-refractivity contribution in [3.8, 4) is 61.7 Å². The normalized spacial score (nSPS) is 16.3. The van der Waals surface area contributed by atoms with Gasteiger partial charge in [-0.05, 0) is 116 Å². The summed E-state index contributed by atoms with van der Waals surface area (Å²) in [5, 5.41) is 12.1. The zero-order chi connectivity index (χ0) is 51.9. The van der Waals surface area contributed by atoms with Gasteiger partial charge in [0.15, 0.2) is 5.75 Å². The van der Waals surface area contributed by atoms with Crippen molar-refractivity contribution in [1.29, 1.82) is 0 Å². The number of hydrogen-bond acceptors (Lipinski definition) is 14. The van der Waals surface area contributed by atoms with Crippen LogP contribution in [0.4, 0.5) is 4.39 Å². The Kier molecular flexibility index (Phi) is 17.1. The van der Waals surface area contributed by atoms with Crippen molar-refractivity contribution in [3.05, 3.63) is 129 Å². The number of nitrogens with zero attached hydrogens (tertiary/aromatic N) is 5. The Morgan fingerprint density at radius 2 is 1.62 bits per heavy atom. The Morgan fingerprint density at radius 3 is 2.36 bits per heavy atom. The van der Waals surface area contributed by atoms with E-state index in [1.165, 1.54) is 29.8 Å². The second kappa shape index (κ2) is 24.0. The minimum Gasteiger partial charge on any atom is -0.496 e. The molecule has 18 heteroatoms. The highest BCUT2D eigenvalue weighted by molar-refractivity contribution is 7.22. The van der Waals surface area contributed by atoms with Gasteiger partial charge in [-0.1, -0.05) is 53.5 Å². The van der Waals surface area contributed by atoms with Crippen LogP contribution in [-0.2, 0) is 33.5 Å². The van der Waals surface area contributed by atoms with Gasteiger partial charge in [-0.2, -0.15) is 0 Å². The molecule has 0 radical (unpaired) electrons. The highest BCUT2D eigenvalue weighted by Gasteiger charge is 2.32. The minimum atomic E-state index is -1.44. The van der Waals surface area contributed by atoms with E-state index in [0.717, 1.165) is 37.3 Å². The van der Waals surface area contributed by atoms with Gasteiger partial charge < -0.3 is 43.2 Å². The van der Waals surface area contributed by atoms with Crippen LogP contribution in [0.2, 0.25) is 10.0 Å². The molecule has 3 aliphatic rings. The maximum absolute atomic E-state index is 14.5. The number of rotatable bonds is 16. The lowest BCUT2D eigenvalue weighted by atomic mass is 9.92. The Balaban J connectivity index is 1.14. The number of likely N-dealkylation sites (N-methyl/N-ethyl adjacent to an activating group) is 1. The molecule has 0 unspecified atom stereocenters. The molecule has 7 aromatic rings. The highest BCUT2D eigenvalue weighted by Crippen LogP contribution is 2.53. The van der Waals surface area contributed by atoms with E-state index in [9.17, 15) is 14.3 Å². The van der Waals surface area contributed by atoms with Gasteiger partial charge in [-0.25, -0.2) is 24.1 Å². The molecular formula is C56H58Cl2FN5O9S. The summed E-state index contributed by atoms with van der Waals surface area (Å²) in [6.45, 7) is 9.43. The number of para-hydroxylation sites is 1. The quantitative estimate of drug-likeness (QED) is 0.0916. The number of carboxylic acid groups (broad SMARTS) is 1. The summed E-state index contributed by atoms with van der Waals surface area (Å²) >= 11 is 16.1. The first-order valence-corrected chi connectivity index (χ1v) is 26.0. The molecule has 1 N–H and O–H groups in total. The summed E-state index contributed by atoms with van der Waals surface area (Å²) in [6, 6.07) is 23.4. The number of benzene rings is 4. The largest absolute Gasteiger partial charge is 0.496 e. The van der Waals surface area contributed by atoms with Gasteiger partial charge >= 0.3 is 5.97 Å². The standard InChI is InChI=1S/C56H58Cl2FN5O9S/c1-33-47-34(2)51(58)52(50(33)57)72-40(30-64-22-20-63(3)21-23-64)31-71-39-16-12-35(13-17-43-45(70-27-26-69-25-24-67-4)19-18-42(62-43)41-8-6-7-9-44(41)68-5)37(28-39)29-46(56(65)66)73-54-49-48(47)53(74-55(49)61-32-60-54)36-10-14-38(59)15-11-36/h6-12,14-16,18-19,28,32,40,46H,13,17,20-27,29-31H2,1-5H3,(H,65,66)/t40-,46-/m1/s1. The number of fused-ring (bicyclic) bond motifs is 7. The number of aryl methyl sites for hydroxylation is 2. The maximum Gasteiger partial charge on any atom is 0.345 e. The Labute approximate surface area is 443 Å². The van der Waals surface area contributed by atoms with Crippen molar-refractivity contribution in [2.24, 2.45) is 0 Å². The molecule has 1 saturated heterocycles. The van der Waals surface area contributed by atoms with E-state index in [0.29, 0.717) is 132 Å². The molecule has 6 heterocycles. The van der Waals surface area contributed by atoms with Gasteiger partial charge in [0.05, 0.1) is 53.7 Å². The number of pyridine rings is 1. The van der Waals surface area contributed by atoms with Crippen LogP contribution in [-0.4, -0.2) is 135 Å². The Hall–Kier alpha value is -6.11. The fourth-order valence-electron chi connectivity index (χ4n) is 9.41. The Morgan fingerprint density at radius 1 is 0.865 bits per heavy atom. The zero-order valence-corrected chi connectivity index (χ0v) is 44.2. The fourth-order valence-corrected chi connectivity index (χ4v) is 11.1. The number of ether oxygens (including phenoxy) is 7. The molecule has 4 aromatic carbocycles. The van der Waals surface area contributed by atoms with Crippen LogP contribution in [0.5, 0.6) is 28.9 Å². The van der Waals surface area contributed by atoms with E-state index in [1.807, 2.05) is 68.4 Å².